The summed E-state index contributed by atoms with van der Waals surface area (Å²) in [5.41, 5.74) is 1.34. The smallest absolute Gasteiger partial charge is 0.408 e. The minimum absolute atomic E-state index is 0.0401. The van der Waals surface area contributed by atoms with Crippen LogP contribution in [0.3, 0.4) is 0 Å². The van der Waals surface area contributed by atoms with Gasteiger partial charge in [0.1, 0.15) is 22.1 Å². The standard InChI is InChI=1S/C42H62N8O5S/c1-7-54-39(52)35-27-31(2)47-50(35)33-18-23-48(24-19-33)22-13-11-9-8-10-12-17-37(51)45-32-15-14-16-34(28-32)56-38-30-43-36(29-44-38)49-25-20-42(6,21-26-49)46-40(53)55-41(3,4)5/h14-16,27-30,33H,7-13,17-26H2,1-6H3,(H,45,51)(H,46,53). The maximum atomic E-state index is 12.7. The Balaban J connectivity index is 0.925. The molecule has 0 spiro atoms. The first-order valence-electron chi connectivity index (χ1n) is 20.4. The Morgan fingerprint density at radius 3 is 2.34 bits per heavy atom. The fourth-order valence-electron chi connectivity index (χ4n) is 7.28. The second kappa shape index (κ2) is 20.3. The average molecular weight is 791 g/mol. The molecule has 0 aliphatic carbocycles. The summed E-state index contributed by atoms with van der Waals surface area (Å²) >= 11 is 1.51. The van der Waals surface area contributed by atoms with Gasteiger partial charge >= 0.3 is 12.1 Å². The van der Waals surface area contributed by atoms with Crippen LogP contribution in [0.25, 0.3) is 0 Å². The van der Waals surface area contributed by atoms with Crippen LogP contribution in [-0.2, 0) is 14.3 Å². The number of carbonyl (C=O) groups excluding carboxylic acids is 3. The van der Waals surface area contributed by atoms with Crippen molar-refractivity contribution in [1.29, 1.82) is 0 Å². The summed E-state index contributed by atoms with van der Waals surface area (Å²) in [6, 6.07) is 9.91. The predicted octanol–water partition coefficient (Wildman–Crippen LogP) is 8.20. The highest BCUT2D eigenvalue weighted by Gasteiger charge is 2.33. The maximum absolute atomic E-state index is 12.7. The molecule has 0 bridgehead atoms. The number of nitrogens with one attached hydrogen (secondary N) is 2. The topological polar surface area (TPSA) is 144 Å². The van der Waals surface area contributed by atoms with Crippen LogP contribution >= 0.6 is 11.8 Å². The highest BCUT2D eigenvalue weighted by Crippen LogP contribution is 2.30. The van der Waals surface area contributed by atoms with Crippen molar-refractivity contribution in [3.8, 4) is 0 Å². The molecule has 2 saturated heterocycles. The van der Waals surface area contributed by atoms with E-state index in [1.807, 2.05) is 69.6 Å². The second-order valence-electron chi connectivity index (χ2n) is 16.3. The minimum atomic E-state index is -0.529. The number of aryl methyl sites for hydroxylation is 1. The third kappa shape index (κ3) is 13.5. The summed E-state index contributed by atoms with van der Waals surface area (Å²) < 4.78 is 12.6. The van der Waals surface area contributed by atoms with E-state index in [2.05, 4.69) is 42.4 Å². The summed E-state index contributed by atoms with van der Waals surface area (Å²) in [6.07, 6.45) is 13.9. The van der Waals surface area contributed by atoms with E-state index in [-0.39, 0.29) is 29.6 Å². The van der Waals surface area contributed by atoms with Gasteiger partial charge in [-0.15, -0.1) is 0 Å². The quantitative estimate of drug-likeness (QED) is 0.101. The zero-order chi connectivity index (χ0) is 40.1. The first-order chi connectivity index (χ1) is 26.8. The van der Waals surface area contributed by atoms with Crippen LogP contribution in [0, 0.1) is 6.92 Å². The van der Waals surface area contributed by atoms with Crippen molar-refractivity contribution in [3.63, 3.8) is 0 Å². The number of rotatable bonds is 17. The van der Waals surface area contributed by atoms with Gasteiger partial charge < -0.3 is 29.9 Å². The minimum Gasteiger partial charge on any atom is -0.461 e. The number of anilines is 2. The molecular formula is C42H62N8O5S. The fourth-order valence-corrected chi connectivity index (χ4v) is 8.06. The highest BCUT2D eigenvalue weighted by atomic mass is 32.2. The lowest BCUT2D eigenvalue weighted by Gasteiger charge is -2.40. The number of nitrogens with zero attached hydrogens (tertiary/aromatic N) is 6. The molecule has 14 heteroatoms. The van der Waals surface area contributed by atoms with Crippen LogP contribution < -0.4 is 15.5 Å². The maximum Gasteiger partial charge on any atom is 0.408 e. The third-order valence-corrected chi connectivity index (χ3v) is 11.2. The predicted molar refractivity (Wildman–Crippen MR) is 220 cm³/mol. The van der Waals surface area contributed by atoms with E-state index in [0.29, 0.717) is 18.7 Å². The number of unbranched alkanes of at least 4 members (excludes halogenated alkanes) is 5. The molecule has 5 rings (SSSR count). The van der Waals surface area contributed by atoms with Gasteiger partial charge in [0, 0.05) is 48.7 Å². The molecule has 0 saturated carbocycles. The van der Waals surface area contributed by atoms with Crippen LogP contribution in [-0.4, -0.2) is 93.1 Å². The molecule has 2 N–H and O–H groups in total. The molecule has 306 valence electrons. The fraction of sp³-hybridized carbons (Fsp3) is 0.619. The Morgan fingerprint density at radius 2 is 1.66 bits per heavy atom. The Morgan fingerprint density at radius 1 is 0.946 bits per heavy atom. The molecular weight excluding hydrogens is 729 g/mol. The molecule has 0 atom stereocenters. The van der Waals surface area contributed by atoms with E-state index < -0.39 is 5.60 Å². The number of amides is 2. The Labute approximate surface area is 337 Å². The zero-order valence-corrected chi connectivity index (χ0v) is 35.1. The molecule has 1 aromatic carbocycles. The second-order valence-corrected chi connectivity index (χ2v) is 17.4. The number of hydrogen-bond acceptors (Lipinski definition) is 11. The molecule has 0 unspecified atom stereocenters. The number of esters is 1. The van der Waals surface area contributed by atoms with Crippen molar-refractivity contribution in [2.24, 2.45) is 0 Å². The van der Waals surface area contributed by atoms with Gasteiger partial charge in [-0.2, -0.15) is 5.10 Å². The van der Waals surface area contributed by atoms with Gasteiger partial charge in [-0.05, 0) is 111 Å². The number of piperidine rings is 2. The van der Waals surface area contributed by atoms with Crippen LogP contribution in [0.1, 0.15) is 127 Å². The zero-order valence-electron chi connectivity index (χ0n) is 34.3. The summed E-state index contributed by atoms with van der Waals surface area (Å²) in [4.78, 5) is 52.5. The molecule has 2 aromatic heterocycles. The van der Waals surface area contributed by atoms with Crippen molar-refractivity contribution in [1.82, 2.24) is 30.0 Å². The van der Waals surface area contributed by atoms with Crippen LogP contribution in [0.5, 0.6) is 0 Å². The molecule has 0 radical (unpaired) electrons. The summed E-state index contributed by atoms with van der Waals surface area (Å²) in [6.45, 7) is 16.4. The van der Waals surface area contributed by atoms with Crippen molar-refractivity contribution >= 4 is 41.2 Å². The van der Waals surface area contributed by atoms with E-state index in [1.165, 1.54) is 31.0 Å². The Hall–Kier alpha value is -4.17. The van der Waals surface area contributed by atoms with Crippen molar-refractivity contribution < 1.29 is 23.9 Å². The number of likely N-dealkylation sites (tertiary alicyclic amines) is 1. The SMILES string of the molecule is CCOC(=O)c1cc(C)nn1C1CCN(CCCCCCCCC(=O)Nc2cccc(Sc3cnc(N4CCC(C)(NC(=O)OC(C)(C)C)CC4)cn3)c2)CC1. The number of ether oxygens (including phenoxy) is 2. The lowest BCUT2D eigenvalue weighted by atomic mass is 9.90. The number of hydrogen-bond donors (Lipinski definition) is 2. The van der Waals surface area contributed by atoms with E-state index >= 15 is 0 Å². The van der Waals surface area contributed by atoms with E-state index in [1.54, 1.807) is 12.4 Å². The lowest BCUT2D eigenvalue weighted by Crippen LogP contribution is -2.54. The normalized spacial score (nSPS) is 16.4. The van der Waals surface area contributed by atoms with Crippen LogP contribution in [0.2, 0.25) is 0 Å². The van der Waals surface area contributed by atoms with Gasteiger partial charge in [-0.25, -0.2) is 19.6 Å². The first-order valence-corrected chi connectivity index (χ1v) is 21.2. The van der Waals surface area contributed by atoms with Gasteiger partial charge in [-0.1, -0.05) is 43.5 Å². The molecule has 4 heterocycles. The van der Waals surface area contributed by atoms with Gasteiger partial charge in [-0.3, -0.25) is 9.48 Å². The Bertz CT molecular complexity index is 1730. The van der Waals surface area contributed by atoms with Crippen LogP contribution in [0.4, 0.5) is 16.3 Å². The first kappa shape index (κ1) is 43.0. The summed E-state index contributed by atoms with van der Waals surface area (Å²) in [5.74, 6) is 0.567. The number of alkyl carbamates (subject to hydrolysis) is 1. The van der Waals surface area contributed by atoms with Crippen LogP contribution in [0.15, 0.2) is 52.6 Å². The van der Waals surface area contributed by atoms with E-state index in [9.17, 15) is 14.4 Å². The van der Waals surface area contributed by atoms with Gasteiger partial charge in [0.2, 0.25) is 5.91 Å². The molecule has 2 fully saturated rings. The van der Waals surface area contributed by atoms with Crippen molar-refractivity contribution in [2.75, 3.05) is 49.5 Å². The van der Waals surface area contributed by atoms with E-state index in [4.69, 9.17) is 9.47 Å². The monoisotopic (exact) mass is 790 g/mol. The number of aromatic nitrogens is 4. The highest BCUT2D eigenvalue weighted by molar-refractivity contribution is 7.99. The summed E-state index contributed by atoms with van der Waals surface area (Å²) in [5, 5.41) is 11.5. The Kier molecular flexibility index (Phi) is 15.6. The lowest BCUT2D eigenvalue weighted by molar-refractivity contribution is -0.116. The number of benzene rings is 1. The molecule has 13 nitrogen and oxygen atoms in total. The molecule has 3 aromatic rings. The van der Waals surface area contributed by atoms with Crippen molar-refractivity contribution in [2.45, 2.75) is 139 Å². The van der Waals surface area contributed by atoms with Gasteiger partial charge in [0.15, 0.2) is 0 Å². The third-order valence-electron chi connectivity index (χ3n) is 10.3. The molecule has 2 amide bonds. The molecule has 2 aliphatic rings. The molecule has 56 heavy (non-hydrogen) atoms. The summed E-state index contributed by atoms with van der Waals surface area (Å²) in [7, 11) is 0. The van der Waals surface area contributed by atoms with Gasteiger partial charge in [0.25, 0.3) is 0 Å². The van der Waals surface area contributed by atoms with Gasteiger partial charge in [0.05, 0.1) is 30.7 Å². The molecule has 2 aliphatic heterocycles. The average Bonchev–Trinajstić information content (AvgIpc) is 3.54. The van der Waals surface area contributed by atoms with Crippen molar-refractivity contribution in [3.05, 3.63) is 54.1 Å². The number of carbonyl (C=O) groups is 3. The van der Waals surface area contributed by atoms with E-state index in [0.717, 1.165) is 105 Å². The largest absolute Gasteiger partial charge is 0.461 e.